The van der Waals surface area contributed by atoms with Gasteiger partial charge < -0.3 is 15.2 Å². The number of ether oxygens (including phenoxy) is 1. The number of amides is 1. The third-order valence-corrected chi connectivity index (χ3v) is 2.92. The van der Waals surface area contributed by atoms with Crippen LogP contribution in [0, 0.1) is 6.92 Å². The molecule has 1 rings (SSSR count). The molecule has 2 N–H and O–H groups in total. The lowest BCUT2D eigenvalue weighted by atomic mass is 10.0. The molecule has 22 heavy (non-hydrogen) atoms. The molecule has 0 saturated carbocycles. The number of pyridine rings is 1. The summed E-state index contributed by atoms with van der Waals surface area (Å²) >= 11 is 0. The average molecular weight is 320 g/mol. The Morgan fingerprint density at radius 3 is 2.36 bits per heavy atom. The van der Waals surface area contributed by atoms with E-state index in [2.05, 4.69) is 10.3 Å². The summed E-state index contributed by atoms with van der Waals surface area (Å²) < 4.78 is 42.3. The van der Waals surface area contributed by atoms with Gasteiger partial charge in [-0.1, -0.05) is 0 Å². The number of hydrogen-bond donors (Lipinski definition) is 2. The Bertz CT molecular complexity index is 589. The topological polar surface area (TPSA) is 88.5 Å². The summed E-state index contributed by atoms with van der Waals surface area (Å²) in [7, 11) is 1.26. The SMILES string of the molecule is COCC(C)(NC(=O)c1ccc(C(F)(F)F)nc1C)C(=O)O. The molecule has 1 aromatic heterocycles. The Kier molecular flexibility index (Phi) is 5.13. The molecule has 1 atom stereocenters. The molecular formula is C13H15F3N2O4. The first-order valence-electron chi connectivity index (χ1n) is 6.11. The van der Waals surface area contributed by atoms with Gasteiger partial charge >= 0.3 is 12.1 Å². The summed E-state index contributed by atoms with van der Waals surface area (Å²) in [6, 6.07) is 1.62. The number of methoxy groups -OCH3 is 1. The minimum Gasteiger partial charge on any atom is -0.479 e. The number of aryl methyl sites for hydroxylation is 1. The second-order valence-corrected chi connectivity index (χ2v) is 4.85. The van der Waals surface area contributed by atoms with Gasteiger partial charge in [0.25, 0.3) is 5.91 Å². The van der Waals surface area contributed by atoms with Crippen LogP contribution >= 0.6 is 0 Å². The van der Waals surface area contributed by atoms with E-state index in [-0.39, 0.29) is 17.9 Å². The number of alkyl halides is 3. The summed E-state index contributed by atoms with van der Waals surface area (Å²) in [6.45, 7) is 2.16. The van der Waals surface area contributed by atoms with E-state index < -0.39 is 29.3 Å². The minimum absolute atomic E-state index is 0.142. The molecule has 0 bridgehead atoms. The first-order chi connectivity index (χ1) is 10.0. The zero-order valence-electron chi connectivity index (χ0n) is 12.1. The molecule has 0 saturated heterocycles. The Morgan fingerprint density at radius 1 is 1.36 bits per heavy atom. The van der Waals surface area contributed by atoms with Gasteiger partial charge in [0.2, 0.25) is 0 Å². The number of aromatic nitrogens is 1. The first-order valence-corrected chi connectivity index (χ1v) is 6.11. The fraction of sp³-hybridized carbons (Fsp3) is 0.462. The van der Waals surface area contributed by atoms with Crippen molar-refractivity contribution in [1.29, 1.82) is 0 Å². The van der Waals surface area contributed by atoms with Crippen LogP contribution in [0.4, 0.5) is 13.2 Å². The normalized spacial score (nSPS) is 14.3. The Morgan fingerprint density at radius 2 is 1.95 bits per heavy atom. The molecule has 0 aliphatic carbocycles. The molecule has 1 unspecified atom stereocenters. The molecule has 0 fully saturated rings. The number of nitrogens with one attached hydrogen (secondary N) is 1. The Hall–Kier alpha value is -2.16. The summed E-state index contributed by atoms with van der Waals surface area (Å²) in [6.07, 6.45) is -4.62. The number of nitrogens with zero attached hydrogens (tertiary/aromatic N) is 1. The van der Waals surface area contributed by atoms with Crippen LogP contribution in [0.2, 0.25) is 0 Å². The number of aliphatic carboxylic acids is 1. The van der Waals surface area contributed by atoms with Gasteiger partial charge in [0.05, 0.1) is 17.9 Å². The lowest BCUT2D eigenvalue weighted by molar-refractivity contribution is -0.146. The van der Waals surface area contributed by atoms with Gasteiger partial charge in [-0.2, -0.15) is 13.2 Å². The third-order valence-electron chi connectivity index (χ3n) is 2.92. The molecule has 0 radical (unpaired) electrons. The fourth-order valence-electron chi connectivity index (χ4n) is 1.72. The van der Waals surface area contributed by atoms with Crippen molar-refractivity contribution in [2.75, 3.05) is 13.7 Å². The van der Waals surface area contributed by atoms with E-state index in [0.29, 0.717) is 6.07 Å². The number of carbonyl (C=O) groups is 2. The highest BCUT2D eigenvalue weighted by atomic mass is 19.4. The zero-order valence-corrected chi connectivity index (χ0v) is 12.1. The number of hydrogen-bond acceptors (Lipinski definition) is 4. The van der Waals surface area contributed by atoms with E-state index >= 15 is 0 Å². The van der Waals surface area contributed by atoms with Gasteiger partial charge in [-0.05, 0) is 26.0 Å². The molecule has 0 aromatic carbocycles. The van der Waals surface area contributed by atoms with Gasteiger partial charge in [-0.15, -0.1) is 0 Å². The second kappa shape index (κ2) is 6.30. The maximum atomic E-state index is 12.5. The molecule has 9 heteroatoms. The number of halogens is 3. The van der Waals surface area contributed by atoms with Crippen LogP contribution in [0.1, 0.15) is 28.7 Å². The van der Waals surface area contributed by atoms with Crippen molar-refractivity contribution in [3.8, 4) is 0 Å². The first kappa shape index (κ1) is 17.9. The highest BCUT2D eigenvalue weighted by Gasteiger charge is 2.36. The number of carboxylic acids is 1. The van der Waals surface area contributed by atoms with E-state index in [4.69, 9.17) is 9.84 Å². The third kappa shape index (κ3) is 3.94. The lowest BCUT2D eigenvalue weighted by Gasteiger charge is -2.25. The molecule has 6 nitrogen and oxygen atoms in total. The largest absolute Gasteiger partial charge is 0.479 e. The van der Waals surface area contributed by atoms with Crippen molar-refractivity contribution < 1.29 is 32.6 Å². The lowest BCUT2D eigenvalue weighted by Crippen LogP contribution is -2.55. The van der Waals surface area contributed by atoms with Crippen LogP contribution in [0.15, 0.2) is 12.1 Å². The standard InChI is InChI=1S/C13H15F3N2O4/c1-7-8(4-5-9(17-7)13(14,15)16)10(19)18-12(2,6-22-3)11(20)21/h4-5H,6H2,1-3H3,(H,18,19)(H,20,21). The van der Waals surface area contributed by atoms with Crippen LogP contribution < -0.4 is 5.32 Å². The van der Waals surface area contributed by atoms with Crippen molar-refractivity contribution in [3.63, 3.8) is 0 Å². The van der Waals surface area contributed by atoms with Crippen molar-refractivity contribution >= 4 is 11.9 Å². The van der Waals surface area contributed by atoms with Crippen LogP contribution in [0.5, 0.6) is 0 Å². The summed E-state index contributed by atoms with van der Waals surface area (Å²) in [5, 5.41) is 11.3. The van der Waals surface area contributed by atoms with E-state index in [9.17, 15) is 22.8 Å². The molecule has 122 valence electrons. The van der Waals surface area contributed by atoms with Gasteiger partial charge in [-0.25, -0.2) is 9.78 Å². The predicted octanol–water partition coefficient (Wildman–Crippen LogP) is 1.63. The summed E-state index contributed by atoms with van der Waals surface area (Å²) in [4.78, 5) is 26.6. The number of carboxylic acid groups (broad SMARTS) is 1. The Labute approximate surface area is 124 Å². The molecule has 1 heterocycles. The summed E-state index contributed by atoms with van der Waals surface area (Å²) in [5.41, 5.74) is -3.13. The molecule has 0 aliphatic heterocycles. The van der Waals surface area contributed by atoms with Gasteiger partial charge in [0.15, 0.2) is 5.54 Å². The van der Waals surface area contributed by atoms with Crippen molar-refractivity contribution in [2.24, 2.45) is 0 Å². The average Bonchev–Trinajstić information content (AvgIpc) is 2.37. The van der Waals surface area contributed by atoms with E-state index in [1.54, 1.807) is 0 Å². The quantitative estimate of drug-likeness (QED) is 0.861. The van der Waals surface area contributed by atoms with Crippen LogP contribution in [0.25, 0.3) is 0 Å². The van der Waals surface area contributed by atoms with Gasteiger partial charge in [0.1, 0.15) is 5.69 Å². The Balaban J connectivity index is 3.06. The van der Waals surface area contributed by atoms with Crippen molar-refractivity contribution in [3.05, 3.63) is 29.1 Å². The van der Waals surface area contributed by atoms with E-state index in [0.717, 1.165) is 6.07 Å². The van der Waals surface area contributed by atoms with Crippen LogP contribution in [-0.2, 0) is 15.7 Å². The number of carbonyl (C=O) groups excluding carboxylic acids is 1. The zero-order chi connectivity index (χ0) is 17.1. The summed E-state index contributed by atoms with van der Waals surface area (Å²) in [5.74, 6) is -2.18. The van der Waals surface area contributed by atoms with Gasteiger partial charge in [-0.3, -0.25) is 4.79 Å². The van der Waals surface area contributed by atoms with E-state index in [1.165, 1.54) is 21.0 Å². The molecule has 1 aromatic rings. The molecule has 0 spiro atoms. The van der Waals surface area contributed by atoms with Crippen LogP contribution in [0.3, 0.4) is 0 Å². The maximum Gasteiger partial charge on any atom is 0.433 e. The number of rotatable bonds is 5. The minimum atomic E-state index is -4.62. The molecule has 1 amide bonds. The smallest absolute Gasteiger partial charge is 0.433 e. The second-order valence-electron chi connectivity index (χ2n) is 4.85. The monoisotopic (exact) mass is 320 g/mol. The predicted molar refractivity (Wildman–Crippen MR) is 69.4 cm³/mol. The van der Waals surface area contributed by atoms with Crippen molar-refractivity contribution in [2.45, 2.75) is 25.6 Å². The van der Waals surface area contributed by atoms with Crippen LogP contribution in [-0.4, -0.2) is 41.2 Å². The highest BCUT2D eigenvalue weighted by molar-refractivity contribution is 5.98. The maximum absolute atomic E-state index is 12.5. The highest BCUT2D eigenvalue weighted by Crippen LogP contribution is 2.28. The molecular weight excluding hydrogens is 305 g/mol. The molecule has 0 aliphatic rings. The fourth-order valence-corrected chi connectivity index (χ4v) is 1.72. The van der Waals surface area contributed by atoms with Crippen molar-refractivity contribution in [1.82, 2.24) is 10.3 Å². The van der Waals surface area contributed by atoms with Gasteiger partial charge in [0, 0.05) is 7.11 Å². The van der Waals surface area contributed by atoms with E-state index in [1.807, 2.05) is 0 Å².